The van der Waals surface area contributed by atoms with Crippen molar-refractivity contribution < 1.29 is 4.42 Å². The average molecular weight is 816 g/mol. The van der Waals surface area contributed by atoms with Gasteiger partial charge in [-0.25, -0.2) is 0 Å². The van der Waals surface area contributed by atoms with E-state index in [0.29, 0.717) is 0 Å². The van der Waals surface area contributed by atoms with Crippen LogP contribution in [0.15, 0.2) is 229 Å². The van der Waals surface area contributed by atoms with Crippen molar-refractivity contribution in [1.29, 1.82) is 0 Å². The molecule has 0 atom stereocenters. The smallest absolute Gasteiger partial charge is 0.143 e. The molecule has 0 spiro atoms. The third-order valence-electron chi connectivity index (χ3n) is 13.4. The van der Waals surface area contributed by atoms with E-state index in [9.17, 15) is 0 Å². The van der Waals surface area contributed by atoms with Gasteiger partial charge < -0.3 is 18.1 Å². The van der Waals surface area contributed by atoms with E-state index in [1.807, 2.05) is 0 Å². The molecular formula is C60H37N3O. The van der Waals surface area contributed by atoms with E-state index in [1.54, 1.807) is 0 Å². The Kier molecular flexibility index (Phi) is 7.36. The summed E-state index contributed by atoms with van der Waals surface area (Å²) in [6.45, 7) is 0. The van der Waals surface area contributed by atoms with Crippen LogP contribution in [0.3, 0.4) is 0 Å². The van der Waals surface area contributed by atoms with Gasteiger partial charge in [0.05, 0.1) is 33.1 Å². The summed E-state index contributed by atoms with van der Waals surface area (Å²) in [7, 11) is 0. The highest BCUT2D eigenvalue weighted by molar-refractivity contribution is 6.24. The zero-order valence-corrected chi connectivity index (χ0v) is 34.6. The molecule has 4 aromatic heterocycles. The molecule has 298 valence electrons. The molecule has 4 heteroatoms. The van der Waals surface area contributed by atoms with Gasteiger partial charge in [0.15, 0.2) is 0 Å². The van der Waals surface area contributed by atoms with E-state index in [-0.39, 0.29) is 0 Å². The van der Waals surface area contributed by atoms with Gasteiger partial charge in [-0.05, 0) is 83.9 Å². The summed E-state index contributed by atoms with van der Waals surface area (Å²) < 4.78 is 14.1. The minimum absolute atomic E-state index is 0.889. The number of para-hydroxylation sites is 7. The number of aromatic nitrogens is 3. The molecule has 64 heavy (non-hydrogen) atoms. The summed E-state index contributed by atoms with van der Waals surface area (Å²) in [5.41, 5.74) is 16.7. The number of nitrogens with zero attached hydrogens (tertiary/aromatic N) is 3. The van der Waals surface area contributed by atoms with E-state index >= 15 is 0 Å². The molecule has 0 unspecified atom stereocenters. The number of fused-ring (bicyclic) bond motifs is 12. The summed E-state index contributed by atoms with van der Waals surface area (Å²) in [5, 5.41) is 9.51. The fourth-order valence-electron chi connectivity index (χ4n) is 10.8. The number of furan rings is 1. The van der Waals surface area contributed by atoms with Crippen molar-refractivity contribution in [3.05, 3.63) is 224 Å². The Morgan fingerprint density at radius 2 is 0.812 bits per heavy atom. The highest BCUT2D eigenvalue weighted by Crippen LogP contribution is 2.49. The van der Waals surface area contributed by atoms with Crippen LogP contribution in [-0.2, 0) is 0 Å². The molecule has 0 radical (unpaired) electrons. The van der Waals surface area contributed by atoms with Gasteiger partial charge >= 0.3 is 0 Å². The predicted octanol–water partition coefficient (Wildman–Crippen LogP) is 16.2. The topological polar surface area (TPSA) is 27.9 Å². The molecular weight excluding hydrogens is 779 g/mol. The summed E-state index contributed by atoms with van der Waals surface area (Å²) >= 11 is 0. The average Bonchev–Trinajstić information content (AvgIpc) is 4.11. The first kappa shape index (κ1) is 35.0. The van der Waals surface area contributed by atoms with E-state index < -0.39 is 0 Å². The lowest BCUT2D eigenvalue weighted by atomic mass is 9.89. The highest BCUT2D eigenvalue weighted by atomic mass is 16.3. The van der Waals surface area contributed by atoms with Crippen molar-refractivity contribution in [2.24, 2.45) is 0 Å². The van der Waals surface area contributed by atoms with Gasteiger partial charge in [-0.2, -0.15) is 0 Å². The molecule has 0 amide bonds. The molecule has 0 aliphatic heterocycles. The summed E-state index contributed by atoms with van der Waals surface area (Å²) in [6, 6.07) is 81.5. The predicted molar refractivity (Wildman–Crippen MR) is 268 cm³/mol. The van der Waals surface area contributed by atoms with Crippen molar-refractivity contribution in [2.75, 3.05) is 0 Å². The molecule has 0 fully saturated rings. The normalized spacial score (nSPS) is 12.1. The fourth-order valence-corrected chi connectivity index (χ4v) is 10.8. The number of rotatable bonds is 5. The molecule has 4 nitrogen and oxygen atoms in total. The quantitative estimate of drug-likeness (QED) is 0.170. The first-order valence-electron chi connectivity index (χ1n) is 21.9. The molecule has 14 rings (SSSR count). The number of hydrogen-bond acceptors (Lipinski definition) is 1. The zero-order valence-electron chi connectivity index (χ0n) is 34.6. The fraction of sp³-hybridized carbons (Fsp3) is 0. The molecule has 0 saturated heterocycles. The van der Waals surface area contributed by atoms with E-state index in [4.69, 9.17) is 4.42 Å². The molecule has 14 aromatic rings. The standard InChI is InChI=1S/C60H37N3O/c1-3-17-38(18-4-1)61-51-28-11-8-22-42(51)50-37-40(33-36-54(50)61)62-53-30-13-9-24-48(53)57-49(27-16-31-55(57)62)58-44(47-26-15-25-46-43-23-10-14-32-56(43)64-60(46)47)34-35-45-41-21-7-12-29-52(41)63(59(45)58)39-19-5-2-6-20-39/h1-37H. The molecule has 4 heterocycles. The third-order valence-corrected chi connectivity index (χ3v) is 13.4. The van der Waals surface area contributed by atoms with Crippen LogP contribution < -0.4 is 0 Å². The van der Waals surface area contributed by atoms with Crippen molar-refractivity contribution >= 4 is 87.4 Å². The minimum atomic E-state index is 0.889. The van der Waals surface area contributed by atoms with Gasteiger partial charge in [0.2, 0.25) is 0 Å². The highest BCUT2D eigenvalue weighted by Gasteiger charge is 2.26. The zero-order chi connectivity index (χ0) is 41.9. The Hall–Kier alpha value is -8.60. The van der Waals surface area contributed by atoms with Gasteiger partial charge in [0.1, 0.15) is 11.2 Å². The molecule has 0 saturated carbocycles. The second-order valence-corrected chi connectivity index (χ2v) is 16.8. The van der Waals surface area contributed by atoms with Crippen molar-refractivity contribution in [3.63, 3.8) is 0 Å². The van der Waals surface area contributed by atoms with Crippen LogP contribution in [0, 0.1) is 0 Å². The molecule has 0 N–H and O–H groups in total. The maximum Gasteiger partial charge on any atom is 0.143 e. The Bertz CT molecular complexity index is 4180. The summed E-state index contributed by atoms with van der Waals surface area (Å²) in [6.07, 6.45) is 0. The van der Waals surface area contributed by atoms with E-state index in [2.05, 4.69) is 238 Å². The van der Waals surface area contributed by atoms with Gasteiger partial charge in [-0.1, -0.05) is 152 Å². The molecule has 0 aliphatic carbocycles. The first-order valence-corrected chi connectivity index (χ1v) is 21.9. The number of hydrogen-bond donors (Lipinski definition) is 0. The Morgan fingerprint density at radius 1 is 0.281 bits per heavy atom. The van der Waals surface area contributed by atoms with Crippen LogP contribution in [0.2, 0.25) is 0 Å². The SMILES string of the molecule is c1ccc(-n2c3ccccc3c3cc(-n4c5ccccc5c5c(-c6c(-c7cccc8c7oc7ccccc78)ccc7c8ccccc8n(-c8ccccc8)c67)cccc54)ccc32)cc1. The van der Waals surface area contributed by atoms with Crippen molar-refractivity contribution in [2.45, 2.75) is 0 Å². The van der Waals surface area contributed by atoms with Crippen LogP contribution in [0.25, 0.3) is 127 Å². The molecule has 0 bridgehead atoms. The van der Waals surface area contributed by atoms with Crippen LogP contribution in [0.1, 0.15) is 0 Å². The van der Waals surface area contributed by atoms with Gasteiger partial charge in [-0.3, -0.25) is 0 Å². The van der Waals surface area contributed by atoms with Crippen LogP contribution >= 0.6 is 0 Å². The molecule has 0 aliphatic rings. The number of benzene rings is 10. The van der Waals surface area contributed by atoms with Gasteiger partial charge in [0.25, 0.3) is 0 Å². The van der Waals surface area contributed by atoms with Gasteiger partial charge in [0, 0.05) is 71.3 Å². The first-order chi connectivity index (χ1) is 31.8. The lowest BCUT2D eigenvalue weighted by Crippen LogP contribution is -1.98. The van der Waals surface area contributed by atoms with Crippen LogP contribution in [-0.4, -0.2) is 13.7 Å². The van der Waals surface area contributed by atoms with Gasteiger partial charge in [-0.15, -0.1) is 0 Å². The van der Waals surface area contributed by atoms with Crippen molar-refractivity contribution in [3.8, 4) is 39.3 Å². The maximum atomic E-state index is 6.82. The third kappa shape index (κ3) is 4.88. The van der Waals surface area contributed by atoms with Crippen LogP contribution in [0.5, 0.6) is 0 Å². The Balaban J connectivity index is 1.12. The molecule has 10 aromatic carbocycles. The van der Waals surface area contributed by atoms with Crippen molar-refractivity contribution in [1.82, 2.24) is 13.7 Å². The second-order valence-electron chi connectivity index (χ2n) is 16.8. The van der Waals surface area contributed by atoms with E-state index in [1.165, 1.54) is 60.0 Å². The summed E-state index contributed by atoms with van der Waals surface area (Å²) in [5.74, 6) is 0. The lowest BCUT2D eigenvalue weighted by molar-refractivity contribution is 0.670. The lowest BCUT2D eigenvalue weighted by Gasteiger charge is -2.17. The Morgan fingerprint density at radius 3 is 1.58 bits per heavy atom. The van der Waals surface area contributed by atoms with E-state index in [0.717, 1.165) is 66.7 Å². The van der Waals surface area contributed by atoms with Crippen LogP contribution in [0.4, 0.5) is 0 Å². The minimum Gasteiger partial charge on any atom is -0.455 e. The second kappa shape index (κ2) is 13.4. The monoisotopic (exact) mass is 815 g/mol. The maximum absolute atomic E-state index is 6.82. The summed E-state index contributed by atoms with van der Waals surface area (Å²) in [4.78, 5) is 0. The largest absolute Gasteiger partial charge is 0.455 e. The Labute approximate surface area is 367 Å².